The van der Waals surface area contributed by atoms with Crippen molar-refractivity contribution in [2.24, 2.45) is 10.2 Å². The topological polar surface area (TPSA) is 63.0 Å². The molecule has 0 bridgehead atoms. The normalized spacial score (nSPS) is 18.2. The van der Waals surface area contributed by atoms with E-state index in [1.807, 2.05) is 13.0 Å². The molecule has 16 heavy (non-hydrogen) atoms. The van der Waals surface area contributed by atoms with Crippen molar-refractivity contribution >= 4 is 28.3 Å². The van der Waals surface area contributed by atoms with Crippen molar-refractivity contribution in [2.45, 2.75) is 6.92 Å². The van der Waals surface area contributed by atoms with Crippen LogP contribution in [0.25, 0.3) is 0 Å². The van der Waals surface area contributed by atoms with Crippen LogP contribution in [-0.2, 0) is 4.74 Å². The van der Waals surface area contributed by atoms with Gasteiger partial charge in [-0.2, -0.15) is 0 Å². The van der Waals surface area contributed by atoms with E-state index in [1.165, 1.54) is 11.8 Å². The predicted molar refractivity (Wildman–Crippen MR) is 65.3 cm³/mol. The largest absolute Gasteiger partial charge is 0.350 e. The molecule has 0 unspecified atom stereocenters. The second kappa shape index (κ2) is 5.09. The minimum absolute atomic E-state index is 0.391. The van der Waals surface area contributed by atoms with Crippen LogP contribution in [0.2, 0.25) is 0 Å². The van der Waals surface area contributed by atoms with Gasteiger partial charge < -0.3 is 10.1 Å². The highest BCUT2D eigenvalue weighted by Gasteiger charge is 2.07. The molecule has 0 radical (unpaired) electrons. The standard InChI is InChI=1S/C10H11N3O2S/c1-7-2-3-8(13-14)4-9(7)12-10-11-5-15-6-16-10/h2-4H,5-6H2,1H3,(H,11,12). The van der Waals surface area contributed by atoms with E-state index in [0.717, 1.165) is 16.4 Å². The number of rotatable bonds is 2. The number of amidine groups is 1. The van der Waals surface area contributed by atoms with Gasteiger partial charge in [0.25, 0.3) is 0 Å². The highest BCUT2D eigenvalue weighted by atomic mass is 32.2. The number of aryl methyl sites for hydroxylation is 1. The number of thioether (sulfide) groups is 1. The maximum absolute atomic E-state index is 10.4. The van der Waals surface area contributed by atoms with Crippen LogP contribution in [0.5, 0.6) is 0 Å². The van der Waals surface area contributed by atoms with Crippen molar-refractivity contribution in [3.8, 4) is 0 Å². The summed E-state index contributed by atoms with van der Waals surface area (Å²) >= 11 is 1.49. The average molecular weight is 237 g/mol. The maximum atomic E-state index is 10.4. The van der Waals surface area contributed by atoms with Gasteiger partial charge in [0.2, 0.25) is 0 Å². The molecule has 2 rings (SSSR count). The Morgan fingerprint density at radius 1 is 1.50 bits per heavy atom. The molecule has 0 saturated carbocycles. The number of benzene rings is 1. The third kappa shape index (κ3) is 2.59. The zero-order valence-corrected chi connectivity index (χ0v) is 9.58. The number of nitrogens with zero attached hydrogens (tertiary/aromatic N) is 2. The van der Waals surface area contributed by atoms with Gasteiger partial charge in [-0.1, -0.05) is 17.8 Å². The Morgan fingerprint density at radius 2 is 2.38 bits per heavy atom. The van der Waals surface area contributed by atoms with Crippen molar-refractivity contribution < 1.29 is 4.74 Å². The van der Waals surface area contributed by atoms with E-state index in [2.05, 4.69) is 15.5 Å². The molecule has 0 aromatic heterocycles. The molecule has 1 aromatic rings. The molecule has 84 valence electrons. The summed E-state index contributed by atoms with van der Waals surface area (Å²) in [6.07, 6.45) is 0. The molecule has 1 aromatic carbocycles. The first-order valence-electron chi connectivity index (χ1n) is 4.77. The van der Waals surface area contributed by atoms with Crippen LogP contribution in [0, 0.1) is 11.8 Å². The fourth-order valence-corrected chi connectivity index (χ4v) is 1.86. The number of nitrogens with one attached hydrogen (secondary N) is 1. The van der Waals surface area contributed by atoms with Gasteiger partial charge in [0.05, 0.1) is 5.69 Å². The summed E-state index contributed by atoms with van der Waals surface area (Å²) in [4.78, 5) is 14.8. The van der Waals surface area contributed by atoms with Gasteiger partial charge in [0.1, 0.15) is 18.4 Å². The molecule has 0 aliphatic carbocycles. The van der Waals surface area contributed by atoms with Crippen molar-refractivity contribution in [3.63, 3.8) is 0 Å². The smallest absolute Gasteiger partial charge is 0.165 e. The maximum Gasteiger partial charge on any atom is 0.165 e. The van der Waals surface area contributed by atoms with Crippen LogP contribution in [0.3, 0.4) is 0 Å². The Morgan fingerprint density at radius 3 is 3.06 bits per heavy atom. The lowest BCUT2D eigenvalue weighted by atomic mass is 10.2. The minimum Gasteiger partial charge on any atom is -0.350 e. The van der Waals surface area contributed by atoms with Gasteiger partial charge in [-0.3, -0.25) is 0 Å². The Hall–Kier alpha value is -1.40. The quantitative estimate of drug-likeness (QED) is 0.803. The van der Waals surface area contributed by atoms with E-state index in [4.69, 9.17) is 4.74 Å². The first-order valence-corrected chi connectivity index (χ1v) is 5.75. The summed E-state index contributed by atoms with van der Waals surface area (Å²) in [7, 11) is 0. The van der Waals surface area contributed by atoms with Gasteiger partial charge in [-0.15, -0.1) is 4.91 Å². The van der Waals surface area contributed by atoms with E-state index in [1.54, 1.807) is 12.1 Å². The second-order valence-electron chi connectivity index (χ2n) is 3.27. The summed E-state index contributed by atoms with van der Waals surface area (Å²) in [5.41, 5.74) is 2.16. The van der Waals surface area contributed by atoms with Crippen molar-refractivity contribution in [3.05, 3.63) is 28.7 Å². The second-order valence-corrected chi connectivity index (χ2v) is 4.18. The number of nitroso groups, excluding NO2 is 1. The molecule has 5 nitrogen and oxygen atoms in total. The third-order valence-corrected chi connectivity index (χ3v) is 2.92. The lowest BCUT2D eigenvalue weighted by molar-refractivity contribution is 0.173. The van der Waals surface area contributed by atoms with Gasteiger partial charge in [0.15, 0.2) is 5.17 Å². The SMILES string of the molecule is Cc1ccc(N=O)cc1/N=C1/NCOCS1. The highest BCUT2D eigenvalue weighted by molar-refractivity contribution is 8.13. The summed E-state index contributed by atoms with van der Waals surface area (Å²) in [6.45, 7) is 2.41. The summed E-state index contributed by atoms with van der Waals surface area (Å²) in [5, 5.41) is 6.71. The molecule has 1 saturated heterocycles. The Kier molecular flexibility index (Phi) is 3.53. The molecule has 0 amide bonds. The molecular weight excluding hydrogens is 226 g/mol. The average Bonchev–Trinajstić information content (AvgIpc) is 2.33. The molecule has 1 heterocycles. The molecule has 0 atom stereocenters. The van der Waals surface area contributed by atoms with E-state index in [-0.39, 0.29) is 0 Å². The van der Waals surface area contributed by atoms with Gasteiger partial charge >= 0.3 is 0 Å². The van der Waals surface area contributed by atoms with E-state index in [0.29, 0.717) is 18.4 Å². The van der Waals surface area contributed by atoms with Crippen LogP contribution in [-0.4, -0.2) is 17.8 Å². The third-order valence-electron chi connectivity index (χ3n) is 2.12. The number of hydrogen-bond donors (Lipinski definition) is 1. The van der Waals surface area contributed by atoms with Crippen LogP contribution in [0.15, 0.2) is 28.4 Å². The first kappa shape index (κ1) is 11.1. The number of hydrogen-bond acceptors (Lipinski definition) is 5. The van der Waals surface area contributed by atoms with Crippen LogP contribution >= 0.6 is 11.8 Å². The van der Waals surface area contributed by atoms with Crippen LogP contribution in [0.1, 0.15) is 5.56 Å². The van der Waals surface area contributed by atoms with E-state index in [9.17, 15) is 4.91 Å². The van der Waals surface area contributed by atoms with Crippen LogP contribution in [0.4, 0.5) is 11.4 Å². The molecule has 1 N–H and O–H groups in total. The Labute approximate surface area is 97.3 Å². The monoisotopic (exact) mass is 237 g/mol. The van der Waals surface area contributed by atoms with Crippen molar-refractivity contribution in [1.82, 2.24) is 5.32 Å². The summed E-state index contributed by atoms with van der Waals surface area (Å²) in [5.74, 6) is 0.594. The molecule has 1 aliphatic heterocycles. The van der Waals surface area contributed by atoms with Gasteiger partial charge in [-0.25, -0.2) is 4.99 Å². The van der Waals surface area contributed by atoms with Crippen molar-refractivity contribution in [1.29, 1.82) is 0 Å². The highest BCUT2D eigenvalue weighted by Crippen LogP contribution is 2.26. The lowest BCUT2D eigenvalue weighted by Gasteiger charge is -2.15. The number of aliphatic imine (C=N–C) groups is 1. The minimum atomic E-state index is 0.391. The fraction of sp³-hybridized carbons (Fsp3) is 0.300. The van der Waals surface area contributed by atoms with Gasteiger partial charge in [-0.05, 0) is 29.8 Å². The molecule has 6 heteroatoms. The van der Waals surface area contributed by atoms with Gasteiger partial charge in [0, 0.05) is 0 Å². The van der Waals surface area contributed by atoms with Crippen LogP contribution < -0.4 is 5.32 Å². The fourth-order valence-electron chi connectivity index (χ4n) is 1.26. The van der Waals surface area contributed by atoms with Crippen molar-refractivity contribution in [2.75, 3.05) is 12.7 Å². The lowest BCUT2D eigenvalue weighted by Crippen LogP contribution is -2.28. The van der Waals surface area contributed by atoms with E-state index >= 15 is 0 Å². The van der Waals surface area contributed by atoms with E-state index < -0.39 is 0 Å². The first-order chi connectivity index (χ1) is 7.79. The Bertz CT molecular complexity index is 426. The number of ether oxygens (including phenoxy) is 1. The molecule has 1 aliphatic rings. The molecular formula is C10H11N3O2S. The summed E-state index contributed by atoms with van der Waals surface area (Å²) < 4.78 is 5.12. The zero-order valence-electron chi connectivity index (χ0n) is 8.77. The summed E-state index contributed by atoms with van der Waals surface area (Å²) in [6, 6.07) is 5.18. The molecule has 1 fully saturated rings. The Balaban J connectivity index is 2.28. The predicted octanol–water partition coefficient (Wildman–Crippen LogP) is 2.65. The zero-order chi connectivity index (χ0) is 11.4. The molecule has 0 spiro atoms.